The molecule has 0 unspecified atom stereocenters. The molecule has 0 saturated carbocycles. The van der Waals surface area contributed by atoms with Crippen LogP contribution in [0.3, 0.4) is 0 Å². The van der Waals surface area contributed by atoms with E-state index in [0.29, 0.717) is 16.9 Å². The highest BCUT2D eigenvalue weighted by atomic mass is 35.5. The van der Waals surface area contributed by atoms with E-state index in [9.17, 15) is 0 Å². The summed E-state index contributed by atoms with van der Waals surface area (Å²) >= 11 is 6.20. The Labute approximate surface area is 125 Å². The summed E-state index contributed by atoms with van der Waals surface area (Å²) in [5.74, 6) is 1.40. The van der Waals surface area contributed by atoms with Crippen molar-refractivity contribution in [2.45, 2.75) is 31.9 Å². The average Bonchev–Trinajstić information content (AvgIpc) is 2.97. The van der Waals surface area contributed by atoms with Crippen LogP contribution in [0.2, 0.25) is 5.02 Å². The Kier molecular flexibility index (Phi) is 5.52. The molecule has 4 nitrogen and oxygen atoms in total. The fourth-order valence-electron chi connectivity index (χ4n) is 2.45. The molecular weight excluding hydrogens is 278 g/mol. The number of hydrogen-bond acceptors (Lipinski definition) is 4. The van der Waals surface area contributed by atoms with Crippen LogP contribution < -0.4 is 14.8 Å². The number of hydrogen-bond donors (Lipinski definition) is 1. The van der Waals surface area contributed by atoms with Gasteiger partial charge in [0.05, 0.1) is 25.3 Å². The van der Waals surface area contributed by atoms with E-state index < -0.39 is 0 Å². The number of ether oxygens (including phenoxy) is 3. The van der Waals surface area contributed by atoms with E-state index >= 15 is 0 Å². The fourth-order valence-corrected chi connectivity index (χ4v) is 2.69. The van der Waals surface area contributed by atoms with Crippen LogP contribution in [-0.2, 0) is 4.74 Å². The lowest BCUT2D eigenvalue weighted by molar-refractivity contribution is 0.108. The number of rotatable bonds is 6. The minimum absolute atomic E-state index is 0.137. The Bertz CT molecular complexity index is 447. The third-order valence-corrected chi connectivity index (χ3v) is 3.94. The SMILES string of the molecule is COc1cc(OC)c([C@@H](C)NC[C@@H]2CCCO2)cc1Cl. The predicted octanol–water partition coefficient (Wildman–Crippen LogP) is 3.19. The zero-order valence-electron chi connectivity index (χ0n) is 12.2. The summed E-state index contributed by atoms with van der Waals surface area (Å²) < 4.78 is 16.3. The average molecular weight is 300 g/mol. The molecule has 1 saturated heterocycles. The van der Waals surface area contributed by atoms with Gasteiger partial charge in [-0.2, -0.15) is 0 Å². The minimum Gasteiger partial charge on any atom is -0.496 e. The molecule has 2 atom stereocenters. The fraction of sp³-hybridized carbons (Fsp3) is 0.600. The van der Waals surface area contributed by atoms with Crippen molar-refractivity contribution in [3.8, 4) is 11.5 Å². The zero-order chi connectivity index (χ0) is 14.5. The van der Waals surface area contributed by atoms with Gasteiger partial charge in [-0.1, -0.05) is 11.6 Å². The smallest absolute Gasteiger partial charge is 0.141 e. The van der Waals surface area contributed by atoms with E-state index in [2.05, 4.69) is 12.2 Å². The molecule has 1 aliphatic rings. The Hall–Kier alpha value is -0.970. The molecule has 5 heteroatoms. The lowest BCUT2D eigenvalue weighted by Gasteiger charge is -2.20. The van der Waals surface area contributed by atoms with Gasteiger partial charge in [0.1, 0.15) is 11.5 Å². The van der Waals surface area contributed by atoms with Crippen LogP contribution >= 0.6 is 11.6 Å². The first-order chi connectivity index (χ1) is 9.65. The van der Waals surface area contributed by atoms with E-state index in [1.54, 1.807) is 14.2 Å². The normalized spacial score (nSPS) is 19.9. The maximum absolute atomic E-state index is 6.20. The van der Waals surface area contributed by atoms with Gasteiger partial charge in [0, 0.05) is 30.8 Å². The first kappa shape index (κ1) is 15.4. The molecule has 112 valence electrons. The highest BCUT2D eigenvalue weighted by Gasteiger charge is 2.19. The summed E-state index contributed by atoms with van der Waals surface area (Å²) in [4.78, 5) is 0. The summed E-state index contributed by atoms with van der Waals surface area (Å²) in [5.41, 5.74) is 1.02. The van der Waals surface area contributed by atoms with Gasteiger partial charge in [0.15, 0.2) is 0 Å². The molecule has 0 spiro atoms. The Morgan fingerprint density at radius 2 is 2.10 bits per heavy atom. The third-order valence-electron chi connectivity index (χ3n) is 3.65. The molecule has 0 bridgehead atoms. The van der Waals surface area contributed by atoms with Crippen molar-refractivity contribution in [3.05, 3.63) is 22.7 Å². The lowest BCUT2D eigenvalue weighted by atomic mass is 10.1. The molecule has 2 rings (SSSR count). The van der Waals surface area contributed by atoms with Crippen LogP contribution in [0.4, 0.5) is 0 Å². The Morgan fingerprint density at radius 3 is 2.70 bits per heavy atom. The maximum Gasteiger partial charge on any atom is 0.141 e. The largest absolute Gasteiger partial charge is 0.496 e. The van der Waals surface area contributed by atoms with Gasteiger partial charge >= 0.3 is 0 Å². The van der Waals surface area contributed by atoms with Gasteiger partial charge in [-0.25, -0.2) is 0 Å². The van der Waals surface area contributed by atoms with Gasteiger partial charge in [0.2, 0.25) is 0 Å². The molecule has 20 heavy (non-hydrogen) atoms. The highest BCUT2D eigenvalue weighted by molar-refractivity contribution is 6.32. The summed E-state index contributed by atoms with van der Waals surface area (Å²) in [6, 6.07) is 3.85. The minimum atomic E-state index is 0.137. The van der Waals surface area contributed by atoms with Gasteiger partial charge in [0.25, 0.3) is 0 Å². The summed E-state index contributed by atoms with van der Waals surface area (Å²) in [6.45, 7) is 3.81. The van der Waals surface area contributed by atoms with Crippen LogP contribution in [0.15, 0.2) is 12.1 Å². The van der Waals surface area contributed by atoms with Crippen LogP contribution in [0.25, 0.3) is 0 Å². The molecular formula is C15H22ClNO3. The molecule has 1 fully saturated rings. The number of nitrogens with one attached hydrogen (secondary N) is 1. The number of halogens is 1. The molecule has 0 amide bonds. The molecule has 0 aliphatic carbocycles. The molecule has 1 heterocycles. The van der Waals surface area contributed by atoms with E-state index in [0.717, 1.165) is 37.3 Å². The van der Waals surface area contributed by atoms with Crippen molar-refractivity contribution < 1.29 is 14.2 Å². The summed E-state index contributed by atoms with van der Waals surface area (Å²) in [5, 5.41) is 4.07. The summed E-state index contributed by atoms with van der Waals surface area (Å²) in [6.07, 6.45) is 2.59. The van der Waals surface area contributed by atoms with Crippen molar-refractivity contribution in [1.82, 2.24) is 5.32 Å². The van der Waals surface area contributed by atoms with Crippen molar-refractivity contribution in [2.75, 3.05) is 27.4 Å². The van der Waals surface area contributed by atoms with E-state index in [1.807, 2.05) is 12.1 Å². The second-order valence-corrected chi connectivity index (χ2v) is 5.40. The molecule has 1 aromatic carbocycles. The summed E-state index contributed by atoms with van der Waals surface area (Å²) in [7, 11) is 3.25. The van der Waals surface area contributed by atoms with Crippen LogP contribution in [-0.4, -0.2) is 33.5 Å². The second-order valence-electron chi connectivity index (χ2n) is 4.99. The Balaban J connectivity index is 2.07. The van der Waals surface area contributed by atoms with E-state index in [-0.39, 0.29) is 6.04 Å². The highest BCUT2D eigenvalue weighted by Crippen LogP contribution is 2.35. The standard InChI is InChI=1S/C15H22ClNO3/c1-10(17-9-11-5-4-6-20-11)12-7-13(16)15(19-3)8-14(12)18-2/h7-8,10-11,17H,4-6,9H2,1-3H3/t10-,11+/m1/s1. The first-order valence-corrected chi connectivity index (χ1v) is 7.30. The number of methoxy groups -OCH3 is 2. The van der Waals surface area contributed by atoms with Crippen LogP contribution in [0.5, 0.6) is 11.5 Å². The number of benzene rings is 1. The van der Waals surface area contributed by atoms with Crippen molar-refractivity contribution >= 4 is 11.6 Å². The van der Waals surface area contributed by atoms with E-state index in [4.69, 9.17) is 25.8 Å². The quantitative estimate of drug-likeness (QED) is 0.876. The van der Waals surface area contributed by atoms with Gasteiger partial charge < -0.3 is 19.5 Å². The van der Waals surface area contributed by atoms with Gasteiger partial charge in [-0.05, 0) is 25.8 Å². The monoisotopic (exact) mass is 299 g/mol. The molecule has 1 aliphatic heterocycles. The lowest BCUT2D eigenvalue weighted by Crippen LogP contribution is -2.28. The zero-order valence-corrected chi connectivity index (χ0v) is 13.0. The van der Waals surface area contributed by atoms with Crippen molar-refractivity contribution in [3.63, 3.8) is 0 Å². The van der Waals surface area contributed by atoms with Gasteiger partial charge in [-0.15, -0.1) is 0 Å². The molecule has 1 N–H and O–H groups in total. The predicted molar refractivity (Wildman–Crippen MR) is 79.9 cm³/mol. The molecule has 0 aromatic heterocycles. The van der Waals surface area contributed by atoms with E-state index in [1.165, 1.54) is 0 Å². The second kappa shape index (κ2) is 7.16. The van der Waals surface area contributed by atoms with Crippen LogP contribution in [0.1, 0.15) is 31.4 Å². The third kappa shape index (κ3) is 3.57. The topological polar surface area (TPSA) is 39.7 Å². The van der Waals surface area contributed by atoms with Crippen LogP contribution in [0, 0.1) is 0 Å². The van der Waals surface area contributed by atoms with Gasteiger partial charge in [-0.3, -0.25) is 0 Å². The van der Waals surface area contributed by atoms with Crippen molar-refractivity contribution in [2.24, 2.45) is 0 Å². The maximum atomic E-state index is 6.20. The first-order valence-electron chi connectivity index (χ1n) is 6.92. The van der Waals surface area contributed by atoms with Crippen molar-refractivity contribution in [1.29, 1.82) is 0 Å². The Morgan fingerprint density at radius 1 is 1.35 bits per heavy atom. The molecule has 1 aromatic rings. The molecule has 0 radical (unpaired) electrons.